The Morgan fingerprint density at radius 2 is 1.48 bits per heavy atom. The van der Waals surface area contributed by atoms with E-state index in [-0.39, 0.29) is 18.1 Å². The van der Waals surface area contributed by atoms with Gasteiger partial charge >= 0.3 is 0 Å². The Morgan fingerprint density at radius 3 is 2.08 bits per heavy atom. The van der Waals surface area contributed by atoms with E-state index >= 15 is 0 Å². The molecule has 1 aliphatic heterocycles. The molecule has 0 unspecified atom stereocenters. The van der Waals surface area contributed by atoms with Crippen LogP contribution in [0.3, 0.4) is 0 Å². The molecule has 6 heteroatoms. The van der Waals surface area contributed by atoms with Crippen molar-refractivity contribution < 1.29 is 14.3 Å². The lowest BCUT2D eigenvalue weighted by atomic mass is 10.0. The lowest BCUT2D eigenvalue weighted by Crippen LogP contribution is -2.15. The smallest absolute Gasteiger partial charge is 0.228 e. The summed E-state index contributed by atoms with van der Waals surface area (Å²) in [5.74, 6) is 1.44. The van der Waals surface area contributed by atoms with Crippen molar-refractivity contribution in [2.24, 2.45) is 0 Å². The third kappa shape index (κ3) is 12.2. The summed E-state index contributed by atoms with van der Waals surface area (Å²) >= 11 is 1.79. The number of Topliss-reactive ketones (excluding diaryl/α,β-unsaturated/α-hetero) is 1. The summed E-state index contributed by atoms with van der Waals surface area (Å²) in [5, 5.41) is 5.07. The average molecular weight is 565 g/mol. The fourth-order valence-electron chi connectivity index (χ4n) is 4.94. The average Bonchev–Trinajstić information content (AvgIpc) is 3.46. The van der Waals surface area contributed by atoms with Gasteiger partial charge in [-0.05, 0) is 54.1 Å². The molecule has 0 atom stereocenters. The van der Waals surface area contributed by atoms with E-state index in [1.165, 1.54) is 69.8 Å². The van der Waals surface area contributed by atoms with Gasteiger partial charge in [0.25, 0.3) is 0 Å². The number of anilines is 1. The Morgan fingerprint density at radius 1 is 0.850 bits per heavy atom. The zero-order chi connectivity index (χ0) is 28.4. The number of benzene rings is 2. The molecule has 0 bridgehead atoms. The molecular formula is C34H48N2O3S. The Kier molecular flexibility index (Phi) is 14.8. The molecule has 0 spiro atoms. The third-order valence-corrected chi connectivity index (χ3v) is 8.07. The number of carbonyl (C=O) groups excluding carboxylic acids is 2. The third-order valence-electron chi connectivity index (χ3n) is 7.28. The molecular weight excluding hydrogens is 516 g/mol. The normalized spacial score (nSPS) is 12.6. The highest BCUT2D eigenvalue weighted by Gasteiger charge is 2.13. The highest BCUT2D eigenvalue weighted by Crippen LogP contribution is 2.23. The van der Waals surface area contributed by atoms with Crippen LogP contribution in [0.5, 0.6) is 5.75 Å². The maximum Gasteiger partial charge on any atom is 0.228 e. The van der Waals surface area contributed by atoms with E-state index < -0.39 is 0 Å². The Hall–Kier alpha value is -2.73. The molecule has 218 valence electrons. The van der Waals surface area contributed by atoms with Crippen LogP contribution in [0.15, 0.2) is 54.1 Å². The number of ketones is 1. The molecule has 1 aliphatic rings. The molecule has 40 heavy (non-hydrogen) atoms. The van der Waals surface area contributed by atoms with Crippen LogP contribution in [0.4, 0.5) is 5.69 Å². The number of amides is 1. The molecule has 0 aromatic heterocycles. The molecule has 2 aromatic rings. The summed E-state index contributed by atoms with van der Waals surface area (Å²) in [4.78, 5) is 27.2. The zero-order valence-corrected chi connectivity index (χ0v) is 25.4. The number of ether oxygens (including phenoxy) is 1. The van der Waals surface area contributed by atoms with Crippen molar-refractivity contribution in [2.45, 2.75) is 104 Å². The van der Waals surface area contributed by atoms with E-state index in [1.807, 2.05) is 36.4 Å². The van der Waals surface area contributed by atoms with Crippen LogP contribution in [-0.2, 0) is 17.8 Å². The fraction of sp³-hybridized carbons (Fsp3) is 0.529. The van der Waals surface area contributed by atoms with E-state index in [0.29, 0.717) is 17.9 Å². The first-order valence-corrected chi connectivity index (χ1v) is 16.3. The molecule has 0 aliphatic carbocycles. The van der Waals surface area contributed by atoms with Gasteiger partial charge in [0.1, 0.15) is 5.75 Å². The second-order valence-corrected chi connectivity index (χ2v) is 11.7. The maximum atomic E-state index is 12.7. The van der Waals surface area contributed by atoms with Crippen LogP contribution in [0.2, 0.25) is 0 Å². The second-order valence-electron chi connectivity index (χ2n) is 10.9. The largest absolute Gasteiger partial charge is 0.493 e. The first-order valence-electron chi connectivity index (χ1n) is 15.2. The van der Waals surface area contributed by atoms with E-state index in [1.54, 1.807) is 24.8 Å². The van der Waals surface area contributed by atoms with Crippen LogP contribution in [0.1, 0.15) is 112 Å². The number of hydrogen-bond acceptors (Lipinski definition) is 5. The number of rotatable bonds is 20. The van der Waals surface area contributed by atoms with Gasteiger partial charge in [0, 0.05) is 18.4 Å². The van der Waals surface area contributed by atoms with Crippen molar-refractivity contribution in [2.75, 3.05) is 17.8 Å². The van der Waals surface area contributed by atoms with Crippen molar-refractivity contribution in [1.29, 1.82) is 0 Å². The molecule has 1 heterocycles. The Labute approximate surface area is 246 Å². The number of carbonyl (C=O) groups is 2. The highest BCUT2D eigenvalue weighted by molar-refractivity contribution is 8.02. The Balaban J connectivity index is 1.34. The zero-order valence-electron chi connectivity index (χ0n) is 24.6. The molecule has 5 nitrogen and oxygen atoms in total. The van der Waals surface area contributed by atoms with Crippen molar-refractivity contribution in [3.63, 3.8) is 0 Å². The molecule has 3 rings (SSSR count). The van der Waals surface area contributed by atoms with Gasteiger partial charge in [0.2, 0.25) is 5.91 Å². The lowest BCUT2D eigenvalue weighted by molar-refractivity contribution is -0.115. The van der Waals surface area contributed by atoms with E-state index in [9.17, 15) is 9.59 Å². The summed E-state index contributed by atoms with van der Waals surface area (Å²) in [6.45, 7) is 5.29. The standard InChI is InChI=1S/C34H48N2O3S/c1-3-4-5-6-7-8-9-10-11-12-13-14-22-39-33-20-17-30(24-32(33)28(2)37)25-34(38)35-31-18-15-29(16-19-31)26-36-21-23-40-27-36/h15-21,23-24H,3-14,22,25-27H2,1-2H3,(H,35,38). The quantitative estimate of drug-likeness (QED) is 0.128. The first-order chi connectivity index (χ1) is 19.5. The summed E-state index contributed by atoms with van der Waals surface area (Å²) in [7, 11) is 0. The molecule has 0 fully saturated rings. The molecule has 0 saturated carbocycles. The molecule has 2 aromatic carbocycles. The van der Waals surface area contributed by atoms with Crippen LogP contribution in [-0.4, -0.2) is 29.1 Å². The fourth-order valence-corrected chi connectivity index (χ4v) is 5.65. The van der Waals surface area contributed by atoms with Crippen molar-refractivity contribution in [3.8, 4) is 5.75 Å². The summed E-state index contributed by atoms with van der Waals surface area (Å²) in [6, 6.07) is 13.5. The van der Waals surface area contributed by atoms with Crippen LogP contribution in [0.25, 0.3) is 0 Å². The monoisotopic (exact) mass is 564 g/mol. The van der Waals surface area contributed by atoms with Gasteiger partial charge in [-0.3, -0.25) is 9.59 Å². The molecule has 0 saturated heterocycles. The van der Waals surface area contributed by atoms with E-state index in [0.717, 1.165) is 36.5 Å². The Bertz CT molecular complexity index is 1070. The van der Waals surface area contributed by atoms with Crippen LogP contribution in [0, 0.1) is 0 Å². The predicted octanol–water partition coefficient (Wildman–Crippen LogP) is 9.13. The van der Waals surface area contributed by atoms with Crippen molar-refractivity contribution >= 4 is 29.1 Å². The van der Waals surface area contributed by atoms with Crippen LogP contribution >= 0.6 is 11.8 Å². The number of nitrogens with zero attached hydrogens (tertiary/aromatic N) is 1. The van der Waals surface area contributed by atoms with Gasteiger partial charge in [-0.25, -0.2) is 0 Å². The first kappa shape index (κ1) is 31.8. The minimum Gasteiger partial charge on any atom is -0.493 e. The predicted molar refractivity (Wildman–Crippen MR) is 169 cm³/mol. The van der Waals surface area contributed by atoms with Gasteiger partial charge in [-0.1, -0.05) is 95.8 Å². The van der Waals surface area contributed by atoms with Crippen molar-refractivity contribution in [1.82, 2.24) is 4.90 Å². The number of nitrogens with one attached hydrogen (secondary N) is 1. The van der Waals surface area contributed by atoms with E-state index in [2.05, 4.69) is 28.7 Å². The van der Waals surface area contributed by atoms with Gasteiger partial charge < -0.3 is 15.0 Å². The number of hydrogen-bond donors (Lipinski definition) is 1. The topological polar surface area (TPSA) is 58.6 Å². The lowest BCUT2D eigenvalue weighted by Gasteiger charge is -2.15. The summed E-state index contributed by atoms with van der Waals surface area (Å²) < 4.78 is 5.97. The van der Waals surface area contributed by atoms with E-state index in [4.69, 9.17) is 4.74 Å². The molecule has 0 radical (unpaired) electrons. The van der Waals surface area contributed by atoms with Gasteiger partial charge in [0.15, 0.2) is 5.78 Å². The number of unbranched alkanes of at least 4 members (excludes halogenated alkanes) is 11. The molecule has 1 amide bonds. The second kappa shape index (κ2) is 18.6. The molecule has 1 N–H and O–H groups in total. The number of thioether (sulfide) groups is 1. The van der Waals surface area contributed by atoms with Gasteiger partial charge in [0.05, 0.1) is 24.5 Å². The van der Waals surface area contributed by atoms with Crippen molar-refractivity contribution in [3.05, 3.63) is 70.8 Å². The van der Waals surface area contributed by atoms with Crippen LogP contribution < -0.4 is 10.1 Å². The maximum absolute atomic E-state index is 12.7. The van der Waals surface area contributed by atoms with Gasteiger partial charge in [-0.2, -0.15) is 0 Å². The van der Waals surface area contributed by atoms with Gasteiger partial charge in [-0.15, -0.1) is 11.8 Å². The SMILES string of the molecule is CCCCCCCCCCCCCCOc1ccc(CC(=O)Nc2ccc(CN3C=CSC3)cc2)cc1C(C)=O. The summed E-state index contributed by atoms with van der Waals surface area (Å²) in [5.41, 5.74) is 3.32. The highest BCUT2D eigenvalue weighted by atomic mass is 32.2. The minimum atomic E-state index is -0.105. The minimum absolute atomic E-state index is 0.0474. The summed E-state index contributed by atoms with van der Waals surface area (Å²) in [6.07, 6.45) is 17.9.